The van der Waals surface area contributed by atoms with Crippen LogP contribution in [0.5, 0.6) is 0 Å². The van der Waals surface area contributed by atoms with Crippen molar-refractivity contribution in [1.29, 1.82) is 0 Å². The molecule has 0 aliphatic rings. The van der Waals surface area contributed by atoms with Crippen LogP contribution < -0.4 is 5.84 Å². The average molecular weight is 399 g/mol. The van der Waals surface area contributed by atoms with Gasteiger partial charge in [0.05, 0.1) is 4.88 Å². The summed E-state index contributed by atoms with van der Waals surface area (Å²) in [5.74, 6) is 8.95. The topological polar surface area (TPSA) is 95.6 Å². The lowest BCUT2D eigenvalue weighted by Gasteiger charge is -2.03. The second-order valence-electron chi connectivity index (χ2n) is 5.98. The number of aryl methyl sites for hydroxylation is 2. The fraction of sp³-hybridized carbons (Fsp3) is 0.222. The van der Waals surface area contributed by atoms with Gasteiger partial charge >= 0.3 is 0 Å². The summed E-state index contributed by atoms with van der Waals surface area (Å²) in [4.78, 5) is 5.44. The highest BCUT2D eigenvalue weighted by Gasteiger charge is 2.13. The number of thioether (sulfide) groups is 1. The predicted molar refractivity (Wildman–Crippen MR) is 107 cm³/mol. The van der Waals surface area contributed by atoms with Crippen LogP contribution in [0.15, 0.2) is 51.5 Å². The normalized spacial score (nSPS) is 11.1. The van der Waals surface area contributed by atoms with Gasteiger partial charge in [0, 0.05) is 17.7 Å². The summed E-state index contributed by atoms with van der Waals surface area (Å²) in [6.07, 6.45) is 1.60. The second kappa shape index (κ2) is 7.93. The fourth-order valence-electron chi connectivity index (χ4n) is 2.52. The molecule has 0 aliphatic carbocycles. The number of hydrogen-bond donors (Lipinski definition) is 1. The van der Waals surface area contributed by atoms with E-state index in [0.29, 0.717) is 22.7 Å². The molecule has 0 saturated heterocycles. The van der Waals surface area contributed by atoms with Crippen LogP contribution in [-0.4, -0.2) is 30.8 Å². The lowest BCUT2D eigenvalue weighted by atomic mass is 10.1. The Labute approximate surface area is 164 Å². The summed E-state index contributed by atoms with van der Waals surface area (Å²) >= 11 is 3.16. The first kappa shape index (κ1) is 17.7. The molecule has 0 saturated carbocycles. The molecule has 0 radical (unpaired) electrons. The highest BCUT2D eigenvalue weighted by Crippen LogP contribution is 2.24. The molecule has 2 N–H and O–H groups in total. The second-order valence-corrected chi connectivity index (χ2v) is 7.99. The van der Waals surface area contributed by atoms with E-state index in [1.54, 1.807) is 23.1 Å². The lowest BCUT2D eigenvalue weighted by molar-refractivity contribution is 0.378. The Morgan fingerprint density at radius 1 is 1.19 bits per heavy atom. The van der Waals surface area contributed by atoms with E-state index in [4.69, 9.17) is 10.4 Å². The number of thiophene rings is 1. The number of benzene rings is 1. The molecule has 0 amide bonds. The van der Waals surface area contributed by atoms with Gasteiger partial charge in [-0.1, -0.05) is 52.8 Å². The molecule has 0 spiro atoms. The largest absolute Gasteiger partial charge is 0.339 e. The van der Waals surface area contributed by atoms with Crippen molar-refractivity contribution in [2.75, 3.05) is 11.6 Å². The van der Waals surface area contributed by atoms with Crippen molar-refractivity contribution in [3.05, 3.63) is 53.2 Å². The van der Waals surface area contributed by atoms with Crippen LogP contribution in [0, 0.1) is 6.92 Å². The highest BCUT2D eigenvalue weighted by molar-refractivity contribution is 7.99. The minimum atomic E-state index is 0.647. The quantitative estimate of drug-likeness (QED) is 0.287. The van der Waals surface area contributed by atoms with Crippen LogP contribution >= 0.6 is 23.1 Å². The van der Waals surface area contributed by atoms with E-state index in [2.05, 4.69) is 20.3 Å². The van der Waals surface area contributed by atoms with Gasteiger partial charge in [0.25, 0.3) is 0 Å². The molecule has 0 bridgehead atoms. The van der Waals surface area contributed by atoms with Crippen LogP contribution in [0.1, 0.15) is 17.9 Å². The maximum absolute atomic E-state index is 6.16. The zero-order chi connectivity index (χ0) is 18.6. The molecular formula is C18H18N6OS2. The molecule has 0 atom stereocenters. The lowest BCUT2D eigenvalue weighted by Crippen LogP contribution is -2.11. The van der Waals surface area contributed by atoms with Crippen molar-refractivity contribution in [3.8, 4) is 22.1 Å². The molecule has 0 aliphatic heterocycles. The van der Waals surface area contributed by atoms with Gasteiger partial charge in [-0.2, -0.15) is 4.98 Å². The third kappa shape index (κ3) is 4.04. The van der Waals surface area contributed by atoms with Gasteiger partial charge in [0.1, 0.15) is 0 Å². The minimum Gasteiger partial charge on any atom is -0.339 e. The molecule has 3 aromatic heterocycles. The van der Waals surface area contributed by atoms with E-state index < -0.39 is 0 Å². The first-order valence-corrected chi connectivity index (χ1v) is 10.3. The maximum atomic E-state index is 6.16. The van der Waals surface area contributed by atoms with Crippen LogP contribution in [0.2, 0.25) is 0 Å². The van der Waals surface area contributed by atoms with Gasteiger partial charge < -0.3 is 10.4 Å². The summed E-state index contributed by atoms with van der Waals surface area (Å²) < 4.78 is 6.85. The minimum absolute atomic E-state index is 0.647. The number of nitrogen functional groups attached to an aromatic ring is 1. The van der Waals surface area contributed by atoms with E-state index in [1.165, 1.54) is 10.2 Å². The number of aromatic nitrogens is 5. The van der Waals surface area contributed by atoms with Gasteiger partial charge in [0.2, 0.25) is 16.9 Å². The van der Waals surface area contributed by atoms with Crippen LogP contribution in [-0.2, 0) is 6.42 Å². The van der Waals surface area contributed by atoms with Crippen molar-refractivity contribution < 1.29 is 4.52 Å². The molecule has 0 unspecified atom stereocenters. The number of rotatable bonds is 7. The Hall–Kier alpha value is -2.65. The van der Waals surface area contributed by atoms with E-state index in [0.717, 1.165) is 29.0 Å². The summed E-state index contributed by atoms with van der Waals surface area (Å²) in [6, 6.07) is 12.0. The Morgan fingerprint density at radius 2 is 2.04 bits per heavy atom. The first-order valence-electron chi connectivity index (χ1n) is 8.47. The summed E-state index contributed by atoms with van der Waals surface area (Å²) in [5, 5.41) is 15.1. The van der Waals surface area contributed by atoms with Gasteiger partial charge in [-0.3, -0.25) is 0 Å². The average Bonchev–Trinajstić information content (AvgIpc) is 3.41. The van der Waals surface area contributed by atoms with Gasteiger partial charge in [-0.05, 0) is 24.8 Å². The van der Waals surface area contributed by atoms with Gasteiger partial charge in [-0.15, -0.1) is 21.5 Å². The fourth-order valence-corrected chi connectivity index (χ4v) is 3.97. The van der Waals surface area contributed by atoms with Crippen molar-refractivity contribution in [2.45, 2.75) is 24.9 Å². The monoisotopic (exact) mass is 398 g/mol. The van der Waals surface area contributed by atoms with Crippen molar-refractivity contribution in [3.63, 3.8) is 0 Å². The molecule has 4 rings (SSSR count). The molecule has 7 nitrogen and oxygen atoms in total. The van der Waals surface area contributed by atoms with Gasteiger partial charge in [0.15, 0.2) is 5.82 Å². The highest BCUT2D eigenvalue weighted by atomic mass is 32.2. The molecule has 3 heterocycles. The SMILES string of the molecule is Cc1ccc(-c2nnc(SCCCc3nc(-c4cccs4)no3)n2N)cc1. The number of nitrogens with zero attached hydrogens (tertiary/aromatic N) is 5. The van der Waals surface area contributed by atoms with E-state index in [9.17, 15) is 0 Å². The number of nitrogens with two attached hydrogens (primary N) is 1. The summed E-state index contributed by atoms with van der Waals surface area (Å²) in [7, 11) is 0. The van der Waals surface area contributed by atoms with E-state index >= 15 is 0 Å². The Kier molecular flexibility index (Phi) is 5.21. The molecular weight excluding hydrogens is 380 g/mol. The molecule has 9 heteroatoms. The third-order valence-corrected chi connectivity index (χ3v) is 5.85. The smallest absolute Gasteiger partial charge is 0.227 e. The van der Waals surface area contributed by atoms with Gasteiger partial charge in [-0.25, -0.2) is 4.68 Å². The van der Waals surface area contributed by atoms with E-state index in [1.807, 2.05) is 48.7 Å². The molecule has 1 aromatic carbocycles. The first-order chi connectivity index (χ1) is 13.2. The zero-order valence-electron chi connectivity index (χ0n) is 14.7. The Morgan fingerprint density at radius 3 is 2.81 bits per heavy atom. The summed E-state index contributed by atoms with van der Waals surface area (Å²) in [6.45, 7) is 2.05. The Bertz CT molecular complexity index is 1010. The van der Waals surface area contributed by atoms with Crippen LogP contribution in [0.3, 0.4) is 0 Å². The Balaban J connectivity index is 1.31. The molecule has 27 heavy (non-hydrogen) atoms. The maximum Gasteiger partial charge on any atom is 0.227 e. The van der Waals surface area contributed by atoms with Crippen molar-refractivity contribution in [1.82, 2.24) is 25.0 Å². The predicted octanol–water partition coefficient (Wildman–Crippen LogP) is 3.80. The van der Waals surface area contributed by atoms with Crippen molar-refractivity contribution in [2.24, 2.45) is 0 Å². The third-order valence-electron chi connectivity index (χ3n) is 3.95. The van der Waals surface area contributed by atoms with Crippen LogP contribution in [0.4, 0.5) is 0 Å². The molecule has 138 valence electrons. The number of hydrogen-bond acceptors (Lipinski definition) is 8. The molecule has 0 fully saturated rings. The summed E-state index contributed by atoms with van der Waals surface area (Å²) in [5.41, 5.74) is 2.15. The zero-order valence-corrected chi connectivity index (χ0v) is 16.3. The molecule has 4 aromatic rings. The van der Waals surface area contributed by atoms with Crippen molar-refractivity contribution >= 4 is 23.1 Å². The van der Waals surface area contributed by atoms with Crippen LogP contribution in [0.25, 0.3) is 22.1 Å². The standard InChI is InChI=1S/C18H18N6OS2/c1-12-6-8-13(9-7-12)17-21-22-18(24(17)19)27-11-3-5-15-20-16(23-25-15)14-4-2-10-26-14/h2,4,6-10H,3,5,11,19H2,1H3. The van der Waals surface area contributed by atoms with E-state index in [-0.39, 0.29) is 0 Å².